The number of carbonyl (C=O) groups is 2. The summed E-state index contributed by atoms with van der Waals surface area (Å²) in [6.07, 6.45) is -0.885. The second-order valence-electron chi connectivity index (χ2n) is 6.56. The number of methoxy groups -OCH3 is 2. The molecule has 0 radical (unpaired) electrons. The SMILES string of the molecule is COc1ccc(CNC(=O)[C@@H](C)OC(=O)[C@H](C)Sc2ccc(C)cc2)cc1OC. The third-order valence-electron chi connectivity index (χ3n) is 4.24. The van der Waals surface area contributed by atoms with Crippen LogP contribution in [0.15, 0.2) is 47.4 Å². The van der Waals surface area contributed by atoms with Gasteiger partial charge in [0.25, 0.3) is 5.91 Å². The number of hydrogen-bond acceptors (Lipinski definition) is 6. The smallest absolute Gasteiger partial charge is 0.319 e. The molecule has 0 bridgehead atoms. The van der Waals surface area contributed by atoms with Crippen LogP contribution in [-0.2, 0) is 20.9 Å². The molecule has 0 fully saturated rings. The summed E-state index contributed by atoms with van der Waals surface area (Å²) in [7, 11) is 3.12. The van der Waals surface area contributed by atoms with Gasteiger partial charge in [-0.1, -0.05) is 23.8 Å². The van der Waals surface area contributed by atoms with Gasteiger partial charge in [-0.15, -0.1) is 11.8 Å². The second kappa shape index (κ2) is 10.8. The number of thioether (sulfide) groups is 1. The van der Waals surface area contributed by atoms with Crippen LogP contribution in [0.25, 0.3) is 0 Å². The van der Waals surface area contributed by atoms with Gasteiger partial charge in [0, 0.05) is 11.4 Å². The van der Waals surface area contributed by atoms with Crippen LogP contribution in [0.3, 0.4) is 0 Å². The van der Waals surface area contributed by atoms with Crippen molar-refractivity contribution in [2.45, 2.75) is 43.6 Å². The molecule has 0 spiro atoms. The Labute approximate surface area is 175 Å². The fourth-order valence-electron chi connectivity index (χ4n) is 2.52. The predicted octanol–water partition coefficient (Wildman–Crippen LogP) is 3.74. The minimum atomic E-state index is -0.885. The lowest BCUT2D eigenvalue weighted by atomic mass is 10.2. The molecule has 0 saturated heterocycles. The fraction of sp³-hybridized carbons (Fsp3) is 0.364. The molecule has 0 unspecified atom stereocenters. The largest absolute Gasteiger partial charge is 0.493 e. The highest BCUT2D eigenvalue weighted by molar-refractivity contribution is 8.00. The van der Waals surface area contributed by atoms with Crippen molar-refractivity contribution in [3.05, 3.63) is 53.6 Å². The van der Waals surface area contributed by atoms with Crippen molar-refractivity contribution in [3.63, 3.8) is 0 Å². The predicted molar refractivity (Wildman–Crippen MR) is 113 cm³/mol. The lowest BCUT2D eigenvalue weighted by Gasteiger charge is -2.17. The normalized spacial score (nSPS) is 12.6. The minimum absolute atomic E-state index is 0.286. The van der Waals surface area contributed by atoms with Crippen LogP contribution in [-0.4, -0.2) is 37.4 Å². The molecule has 0 aliphatic rings. The number of esters is 1. The number of hydrogen-bond donors (Lipinski definition) is 1. The van der Waals surface area contributed by atoms with E-state index in [1.165, 1.54) is 11.8 Å². The average molecular weight is 418 g/mol. The zero-order valence-electron chi connectivity index (χ0n) is 17.4. The van der Waals surface area contributed by atoms with E-state index in [0.717, 1.165) is 16.0 Å². The van der Waals surface area contributed by atoms with Gasteiger partial charge in [0.15, 0.2) is 17.6 Å². The van der Waals surface area contributed by atoms with Crippen LogP contribution in [0, 0.1) is 6.92 Å². The second-order valence-corrected chi connectivity index (χ2v) is 7.97. The molecule has 7 heteroatoms. The third-order valence-corrected chi connectivity index (χ3v) is 5.33. The van der Waals surface area contributed by atoms with E-state index in [1.807, 2.05) is 37.3 Å². The Morgan fingerprint density at radius 1 is 1.00 bits per heavy atom. The molecule has 2 rings (SSSR count). The molecule has 1 N–H and O–H groups in total. The van der Waals surface area contributed by atoms with Crippen molar-refractivity contribution in [1.29, 1.82) is 0 Å². The summed E-state index contributed by atoms with van der Waals surface area (Å²) in [5.74, 6) is 0.413. The molecule has 29 heavy (non-hydrogen) atoms. The molecule has 2 aromatic rings. The summed E-state index contributed by atoms with van der Waals surface area (Å²) in [5, 5.41) is 2.35. The van der Waals surface area contributed by atoms with Gasteiger partial charge in [-0.3, -0.25) is 9.59 Å². The molecular formula is C22H27NO5S. The summed E-state index contributed by atoms with van der Waals surface area (Å²) in [6, 6.07) is 13.3. The van der Waals surface area contributed by atoms with E-state index in [1.54, 1.807) is 40.2 Å². The van der Waals surface area contributed by atoms with E-state index in [4.69, 9.17) is 14.2 Å². The average Bonchev–Trinajstić information content (AvgIpc) is 2.73. The molecule has 0 aliphatic carbocycles. The van der Waals surface area contributed by atoms with E-state index >= 15 is 0 Å². The number of aryl methyl sites for hydroxylation is 1. The molecule has 1 amide bonds. The molecule has 156 valence electrons. The van der Waals surface area contributed by atoms with Gasteiger partial charge in [0.05, 0.1) is 14.2 Å². The maximum Gasteiger partial charge on any atom is 0.319 e. The van der Waals surface area contributed by atoms with Gasteiger partial charge >= 0.3 is 5.97 Å². The fourth-order valence-corrected chi connectivity index (χ4v) is 3.37. The van der Waals surface area contributed by atoms with Gasteiger partial charge < -0.3 is 19.5 Å². The number of carbonyl (C=O) groups excluding carboxylic acids is 2. The Balaban J connectivity index is 1.84. The Bertz CT molecular complexity index is 838. The van der Waals surface area contributed by atoms with E-state index < -0.39 is 17.3 Å². The Morgan fingerprint density at radius 3 is 2.28 bits per heavy atom. The summed E-state index contributed by atoms with van der Waals surface area (Å²) < 4.78 is 15.8. The van der Waals surface area contributed by atoms with Crippen molar-refractivity contribution in [2.75, 3.05) is 14.2 Å². The maximum atomic E-state index is 12.3. The summed E-state index contributed by atoms with van der Waals surface area (Å²) in [6.45, 7) is 5.62. The highest BCUT2D eigenvalue weighted by atomic mass is 32.2. The monoisotopic (exact) mass is 417 g/mol. The first-order chi connectivity index (χ1) is 13.8. The van der Waals surface area contributed by atoms with Crippen molar-refractivity contribution < 1.29 is 23.8 Å². The summed E-state index contributed by atoms with van der Waals surface area (Å²) in [5.41, 5.74) is 2.00. The standard InChI is InChI=1S/C22H27NO5S/c1-14-6-9-18(10-7-14)29-16(3)22(25)28-15(2)21(24)23-13-17-8-11-19(26-4)20(12-17)27-5/h6-12,15-16H,13H2,1-5H3,(H,23,24)/t15-,16+/m1/s1. The van der Waals surface area contributed by atoms with E-state index in [-0.39, 0.29) is 12.5 Å². The van der Waals surface area contributed by atoms with Crippen molar-refractivity contribution in [2.24, 2.45) is 0 Å². The Kier molecular flexibility index (Phi) is 8.39. The van der Waals surface area contributed by atoms with E-state index in [2.05, 4.69) is 5.32 Å². The highest BCUT2D eigenvalue weighted by Crippen LogP contribution is 2.27. The van der Waals surface area contributed by atoms with E-state index in [9.17, 15) is 9.59 Å². The number of nitrogens with one attached hydrogen (secondary N) is 1. The first-order valence-electron chi connectivity index (χ1n) is 9.26. The zero-order valence-corrected chi connectivity index (χ0v) is 18.2. The molecule has 0 heterocycles. The Hall–Kier alpha value is -2.67. The van der Waals surface area contributed by atoms with Crippen LogP contribution in [0.4, 0.5) is 0 Å². The van der Waals surface area contributed by atoms with Crippen LogP contribution in [0.1, 0.15) is 25.0 Å². The number of rotatable bonds is 9. The number of benzene rings is 2. The molecule has 2 atom stereocenters. The quantitative estimate of drug-likeness (QED) is 0.495. The number of amides is 1. The van der Waals surface area contributed by atoms with Gasteiger partial charge in [-0.05, 0) is 50.6 Å². The lowest BCUT2D eigenvalue weighted by Crippen LogP contribution is -2.36. The summed E-state index contributed by atoms with van der Waals surface area (Å²) >= 11 is 1.40. The topological polar surface area (TPSA) is 73.9 Å². The molecule has 6 nitrogen and oxygen atoms in total. The van der Waals surface area contributed by atoms with Crippen molar-refractivity contribution in [3.8, 4) is 11.5 Å². The van der Waals surface area contributed by atoms with Crippen molar-refractivity contribution in [1.82, 2.24) is 5.32 Å². The molecule has 0 aliphatic heterocycles. The number of ether oxygens (including phenoxy) is 3. The molecular weight excluding hydrogens is 390 g/mol. The van der Waals surface area contributed by atoms with Crippen LogP contribution >= 0.6 is 11.8 Å². The molecule has 0 aromatic heterocycles. The molecule has 0 saturated carbocycles. The van der Waals surface area contributed by atoms with Gasteiger partial charge in [0.1, 0.15) is 5.25 Å². The van der Waals surface area contributed by atoms with Gasteiger partial charge in [-0.25, -0.2) is 0 Å². The van der Waals surface area contributed by atoms with E-state index in [0.29, 0.717) is 11.5 Å². The molecule has 2 aromatic carbocycles. The van der Waals surface area contributed by atoms with Gasteiger partial charge in [0.2, 0.25) is 0 Å². The van der Waals surface area contributed by atoms with Crippen LogP contribution in [0.5, 0.6) is 11.5 Å². The first kappa shape index (κ1) is 22.6. The lowest BCUT2D eigenvalue weighted by molar-refractivity contribution is -0.154. The van der Waals surface area contributed by atoms with Crippen LogP contribution in [0.2, 0.25) is 0 Å². The maximum absolute atomic E-state index is 12.3. The van der Waals surface area contributed by atoms with Crippen molar-refractivity contribution >= 4 is 23.6 Å². The highest BCUT2D eigenvalue weighted by Gasteiger charge is 2.22. The Morgan fingerprint density at radius 2 is 1.66 bits per heavy atom. The third kappa shape index (κ3) is 6.71. The zero-order chi connectivity index (χ0) is 21.4. The summed E-state index contributed by atoms with van der Waals surface area (Å²) in [4.78, 5) is 25.6. The van der Waals surface area contributed by atoms with Gasteiger partial charge in [-0.2, -0.15) is 0 Å². The van der Waals surface area contributed by atoms with Crippen LogP contribution < -0.4 is 14.8 Å². The minimum Gasteiger partial charge on any atom is -0.493 e. The first-order valence-corrected chi connectivity index (χ1v) is 10.1.